The number of H-pyrrole nitrogens is 1. The average molecular weight is 184 g/mol. The lowest BCUT2D eigenvalue weighted by Gasteiger charge is -1.92. The van der Waals surface area contributed by atoms with Crippen molar-refractivity contribution in [3.05, 3.63) is 30.5 Å². The Hall–Kier alpha value is -0.600. The molecular formula is C8H6ClNS. The summed E-state index contributed by atoms with van der Waals surface area (Å²) >= 11 is 0. The maximum atomic E-state index is 5.60. The molecule has 0 unspecified atom stereocenters. The maximum absolute atomic E-state index is 5.60. The molecule has 0 spiro atoms. The van der Waals surface area contributed by atoms with Crippen molar-refractivity contribution in [2.24, 2.45) is 0 Å². The van der Waals surface area contributed by atoms with E-state index in [2.05, 4.69) is 11.1 Å². The smallest absolute Gasteiger partial charge is 0.0465 e. The molecule has 0 fully saturated rings. The highest BCUT2D eigenvalue weighted by Gasteiger charge is 1.95. The van der Waals surface area contributed by atoms with Gasteiger partial charge in [-0.05, 0) is 45.2 Å². The van der Waals surface area contributed by atoms with Crippen LogP contribution in [0.4, 0.5) is 0 Å². The summed E-state index contributed by atoms with van der Waals surface area (Å²) in [6.45, 7) is 0. The third-order valence-electron chi connectivity index (χ3n) is 1.62. The van der Waals surface area contributed by atoms with Gasteiger partial charge in [0.2, 0.25) is 0 Å². The van der Waals surface area contributed by atoms with Crippen LogP contribution in [0.15, 0.2) is 35.4 Å². The van der Waals surface area contributed by atoms with E-state index in [9.17, 15) is 0 Å². The molecule has 0 saturated heterocycles. The van der Waals surface area contributed by atoms with Gasteiger partial charge in [0.05, 0.1) is 0 Å². The lowest BCUT2D eigenvalue weighted by Crippen LogP contribution is -1.68. The van der Waals surface area contributed by atoms with E-state index in [0.29, 0.717) is 0 Å². The quantitative estimate of drug-likeness (QED) is 0.717. The molecule has 0 aliphatic heterocycles. The average Bonchev–Trinajstić information content (AvgIpc) is 2.50. The molecule has 11 heavy (non-hydrogen) atoms. The lowest BCUT2D eigenvalue weighted by atomic mass is 10.2. The third kappa shape index (κ3) is 1.24. The number of rotatable bonds is 1. The summed E-state index contributed by atoms with van der Waals surface area (Å²) in [6.07, 6.45) is 1.92. The van der Waals surface area contributed by atoms with Gasteiger partial charge >= 0.3 is 0 Å². The molecule has 3 heteroatoms. The first-order chi connectivity index (χ1) is 5.40. The van der Waals surface area contributed by atoms with Gasteiger partial charge in [0, 0.05) is 16.6 Å². The normalized spacial score (nSPS) is 10.6. The molecule has 0 aliphatic carbocycles. The number of halogens is 1. The van der Waals surface area contributed by atoms with E-state index in [0.717, 1.165) is 10.4 Å². The second-order valence-corrected chi connectivity index (χ2v) is 3.39. The van der Waals surface area contributed by atoms with Crippen molar-refractivity contribution in [1.82, 2.24) is 4.98 Å². The van der Waals surface area contributed by atoms with Crippen LogP contribution in [-0.2, 0) is 0 Å². The van der Waals surface area contributed by atoms with Crippen LogP contribution in [0, 0.1) is 0 Å². The Morgan fingerprint density at radius 3 is 3.00 bits per heavy atom. The summed E-state index contributed by atoms with van der Waals surface area (Å²) in [4.78, 5) is 4.19. The highest BCUT2D eigenvalue weighted by atomic mass is 35.7. The number of hydrogen-bond acceptors (Lipinski definition) is 1. The van der Waals surface area contributed by atoms with Gasteiger partial charge < -0.3 is 4.98 Å². The highest BCUT2D eigenvalue weighted by Crippen LogP contribution is 2.25. The minimum Gasteiger partial charge on any atom is -0.361 e. The van der Waals surface area contributed by atoms with E-state index in [1.807, 2.05) is 24.4 Å². The van der Waals surface area contributed by atoms with Crippen molar-refractivity contribution in [3.8, 4) is 0 Å². The Balaban J connectivity index is 2.67. The summed E-state index contributed by atoms with van der Waals surface area (Å²) in [6, 6.07) is 8.13. The Labute approximate surface area is 73.3 Å². The SMILES string of the molecule is ClSc1ccc2cc[nH]c2c1. The first-order valence-electron chi connectivity index (χ1n) is 3.26. The first kappa shape index (κ1) is 7.07. The monoisotopic (exact) mass is 183 g/mol. The van der Waals surface area contributed by atoms with Crippen LogP contribution < -0.4 is 0 Å². The molecule has 1 aromatic heterocycles. The van der Waals surface area contributed by atoms with Crippen molar-refractivity contribution >= 4 is 32.6 Å². The zero-order valence-electron chi connectivity index (χ0n) is 5.67. The van der Waals surface area contributed by atoms with Crippen LogP contribution in [-0.4, -0.2) is 4.98 Å². The molecule has 0 radical (unpaired) electrons. The number of aromatic nitrogens is 1. The van der Waals surface area contributed by atoms with E-state index in [1.54, 1.807) is 0 Å². The molecule has 2 aromatic rings. The van der Waals surface area contributed by atoms with Gasteiger partial charge in [-0.15, -0.1) is 0 Å². The van der Waals surface area contributed by atoms with E-state index < -0.39 is 0 Å². The molecule has 0 saturated carbocycles. The van der Waals surface area contributed by atoms with Crippen LogP contribution in [0.25, 0.3) is 10.9 Å². The van der Waals surface area contributed by atoms with E-state index in [-0.39, 0.29) is 0 Å². The van der Waals surface area contributed by atoms with Gasteiger partial charge in [-0.1, -0.05) is 6.07 Å². The molecular weight excluding hydrogens is 178 g/mol. The number of aromatic amines is 1. The maximum Gasteiger partial charge on any atom is 0.0465 e. The minimum absolute atomic E-state index is 1.07. The molecule has 1 aromatic carbocycles. The molecule has 0 atom stereocenters. The fraction of sp³-hybridized carbons (Fsp3) is 0. The fourth-order valence-electron chi connectivity index (χ4n) is 1.07. The summed E-state index contributed by atoms with van der Waals surface area (Å²) in [5.74, 6) is 0. The largest absolute Gasteiger partial charge is 0.361 e. The van der Waals surface area contributed by atoms with Gasteiger partial charge in [-0.3, -0.25) is 0 Å². The van der Waals surface area contributed by atoms with Gasteiger partial charge in [0.15, 0.2) is 0 Å². The molecule has 0 aliphatic rings. The topological polar surface area (TPSA) is 15.8 Å². The molecule has 56 valence electrons. The Kier molecular flexibility index (Phi) is 1.80. The number of nitrogens with one attached hydrogen (secondary N) is 1. The molecule has 1 nitrogen and oxygen atoms in total. The summed E-state index contributed by atoms with van der Waals surface area (Å²) in [5, 5.41) is 1.22. The zero-order chi connectivity index (χ0) is 7.68. The first-order valence-corrected chi connectivity index (χ1v) is 4.90. The van der Waals surface area contributed by atoms with E-state index in [4.69, 9.17) is 10.7 Å². The zero-order valence-corrected chi connectivity index (χ0v) is 7.25. The van der Waals surface area contributed by atoms with Crippen LogP contribution >= 0.6 is 21.7 Å². The van der Waals surface area contributed by atoms with E-state index in [1.165, 1.54) is 16.4 Å². The Bertz CT molecular complexity index is 369. The Morgan fingerprint density at radius 2 is 2.18 bits per heavy atom. The predicted octanol–water partition coefficient (Wildman–Crippen LogP) is 3.41. The van der Waals surface area contributed by atoms with Crippen molar-refractivity contribution in [3.63, 3.8) is 0 Å². The Morgan fingerprint density at radius 1 is 1.27 bits per heavy atom. The highest BCUT2D eigenvalue weighted by molar-refractivity contribution is 8.21. The molecule has 2 rings (SSSR count). The van der Waals surface area contributed by atoms with E-state index >= 15 is 0 Å². The fourth-order valence-corrected chi connectivity index (χ4v) is 1.64. The van der Waals surface area contributed by atoms with Gasteiger partial charge in [-0.25, -0.2) is 0 Å². The molecule has 0 bridgehead atoms. The second kappa shape index (κ2) is 2.80. The van der Waals surface area contributed by atoms with Gasteiger partial charge in [-0.2, -0.15) is 0 Å². The number of hydrogen-bond donors (Lipinski definition) is 1. The van der Waals surface area contributed by atoms with Crippen molar-refractivity contribution in [1.29, 1.82) is 0 Å². The van der Waals surface area contributed by atoms with Crippen LogP contribution in [0.2, 0.25) is 0 Å². The van der Waals surface area contributed by atoms with Gasteiger partial charge in [0.25, 0.3) is 0 Å². The van der Waals surface area contributed by atoms with Crippen molar-refractivity contribution in [2.75, 3.05) is 0 Å². The van der Waals surface area contributed by atoms with Gasteiger partial charge in [0.1, 0.15) is 0 Å². The van der Waals surface area contributed by atoms with Crippen molar-refractivity contribution in [2.45, 2.75) is 4.90 Å². The molecule has 0 amide bonds. The van der Waals surface area contributed by atoms with Crippen molar-refractivity contribution < 1.29 is 0 Å². The number of benzene rings is 1. The van der Waals surface area contributed by atoms with Crippen LogP contribution in [0.3, 0.4) is 0 Å². The minimum atomic E-state index is 1.07. The predicted molar refractivity (Wildman–Crippen MR) is 50.0 cm³/mol. The summed E-state index contributed by atoms with van der Waals surface area (Å²) in [7, 11) is 6.84. The third-order valence-corrected chi connectivity index (χ3v) is 2.58. The summed E-state index contributed by atoms with van der Waals surface area (Å²) < 4.78 is 0. The number of fused-ring (bicyclic) bond motifs is 1. The standard InChI is InChI=1S/C8H6ClNS/c9-11-7-2-1-6-3-4-10-8(6)5-7/h1-5,10H. The molecule has 1 N–H and O–H groups in total. The summed E-state index contributed by atoms with van der Waals surface area (Å²) in [5.41, 5.74) is 1.13. The van der Waals surface area contributed by atoms with Crippen LogP contribution in [0.1, 0.15) is 0 Å². The van der Waals surface area contributed by atoms with Crippen LogP contribution in [0.5, 0.6) is 0 Å². The lowest BCUT2D eigenvalue weighted by molar-refractivity contribution is 1.44. The molecule has 1 heterocycles. The second-order valence-electron chi connectivity index (χ2n) is 2.30.